The van der Waals surface area contributed by atoms with E-state index >= 15 is 0 Å². The fraction of sp³-hybridized carbons (Fsp3) is 0.400. The van der Waals surface area contributed by atoms with Gasteiger partial charge in [-0.2, -0.15) is 0 Å². The molecule has 0 aliphatic carbocycles. The Morgan fingerprint density at radius 3 is 2.31 bits per heavy atom. The van der Waals surface area contributed by atoms with E-state index in [1.165, 1.54) is 6.07 Å². The van der Waals surface area contributed by atoms with Gasteiger partial charge in [-0.25, -0.2) is 17.9 Å². The molecule has 0 amide bonds. The smallest absolute Gasteiger partial charge is 0.240 e. The lowest BCUT2D eigenvalue weighted by molar-refractivity contribution is 0.512. The summed E-state index contributed by atoms with van der Waals surface area (Å²) in [4.78, 5) is -0.494. The van der Waals surface area contributed by atoms with Crippen LogP contribution in [0.3, 0.4) is 0 Å². The van der Waals surface area contributed by atoms with E-state index in [4.69, 9.17) is 10.9 Å². The molecule has 0 unspecified atom stereocenters. The Morgan fingerprint density at radius 1 is 1.38 bits per heavy atom. The molecule has 0 atom stereocenters. The number of sulfonamides is 1. The number of hydrogen-bond donors (Lipinski definition) is 2. The summed E-state index contributed by atoms with van der Waals surface area (Å²) in [7, 11) is -4.00. The van der Waals surface area contributed by atoms with Crippen molar-refractivity contribution in [2.24, 2.45) is 10.9 Å². The fourth-order valence-electron chi connectivity index (χ4n) is 1.41. The molecule has 0 radical (unpaired) electrons. The summed E-state index contributed by atoms with van der Waals surface area (Å²) >= 11 is 0. The highest BCUT2D eigenvalue weighted by atomic mass is 32.2. The van der Waals surface area contributed by atoms with Crippen LogP contribution in [0.5, 0.6) is 0 Å². The van der Waals surface area contributed by atoms with E-state index in [-0.39, 0.29) is 0 Å². The molecule has 0 aliphatic rings. The first kappa shape index (κ1) is 13.1. The first-order valence-electron chi connectivity index (χ1n) is 4.70. The van der Waals surface area contributed by atoms with Crippen LogP contribution in [-0.2, 0) is 16.4 Å². The molecule has 1 aromatic carbocycles. The SMILES string of the molecule is CC(C)(N)Cc1ccc(S(N)(=O)=O)c(F)c1. The molecule has 90 valence electrons. The number of nitrogens with two attached hydrogens (primary N) is 2. The van der Waals surface area contributed by atoms with Gasteiger partial charge in [0.15, 0.2) is 0 Å². The van der Waals surface area contributed by atoms with Gasteiger partial charge in [-0.1, -0.05) is 6.07 Å². The summed E-state index contributed by atoms with van der Waals surface area (Å²) in [5.41, 5.74) is 5.94. The maximum absolute atomic E-state index is 13.4. The van der Waals surface area contributed by atoms with Gasteiger partial charge in [0.05, 0.1) is 0 Å². The first-order valence-corrected chi connectivity index (χ1v) is 6.24. The Labute approximate surface area is 94.5 Å². The number of hydrogen-bond acceptors (Lipinski definition) is 3. The molecular weight excluding hydrogens is 231 g/mol. The van der Waals surface area contributed by atoms with E-state index in [0.717, 1.165) is 12.1 Å². The molecule has 0 bridgehead atoms. The minimum atomic E-state index is -4.00. The zero-order valence-corrected chi connectivity index (χ0v) is 10.0. The van der Waals surface area contributed by atoms with Crippen LogP contribution in [0, 0.1) is 5.82 Å². The molecule has 0 aromatic heterocycles. The lowest BCUT2D eigenvalue weighted by Crippen LogP contribution is -2.34. The van der Waals surface area contributed by atoms with Crippen LogP contribution in [0.1, 0.15) is 19.4 Å². The maximum Gasteiger partial charge on any atom is 0.240 e. The Kier molecular flexibility index (Phi) is 3.37. The zero-order valence-electron chi connectivity index (χ0n) is 9.20. The van der Waals surface area contributed by atoms with Gasteiger partial charge in [0, 0.05) is 5.54 Å². The van der Waals surface area contributed by atoms with Crippen LogP contribution in [0.4, 0.5) is 4.39 Å². The van der Waals surface area contributed by atoms with Gasteiger partial charge in [-0.15, -0.1) is 0 Å². The Balaban J connectivity index is 3.10. The van der Waals surface area contributed by atoms with Crippen molar-refractivity contribution in [2.75, 3.05) is 0 Å². The monoisotopic (exact) mass is 246 g/mol. The average molecular weight is 246 g/mol. The predicted molar refractivity (Wildman–Crippen MR) is 59.7 cm³/mol. The van der Waals surface area contributed by atoms with Gasteiger partial charge in [0.2, 0.25) is 10.0 Å². The third kappa shape index (κ3) is 3.55. The van der Waals surface area contributed by atoms with Crippen LogP contribution < -0.4 is 10.9 Å². The van der Waals surface area contributed by atoms with Gasteiger partial charge in [0.1, 0.15) is 10.7 Å². The quantitative estimate of drug-likeness (QED) is 0.825. The third-order valence-corrected chi connectivity index (χ3v) is 2.91. The number of rotatable bonds is 3. The minimum absolute atomic E-state index is 0.453. The van der Waals surface area contributed by atoms with Crippen molar-refractivity contribution < 1.29 is 12.8 Å². The Morgan fingerprint density at radius 2 is 1.94 bits per heavy atom. The normalized spacial score (nSPS) is 12.8. The van der Waals surface area contributed by atoms with Gasteiger partial charge in [0.25, 0.3) is 0 Å². The molecule has 0 spiro atoms. The number of halogens is 1. The molecule has 4 nitrogen and oxygen atoms in total. The highest BCUT2D eigenvalue weighted by Gasteiger charge is 2.17. The molecule has 16 heavy (non-hydrogen) atoms. The van der Waals surface area contributed by atoms with E-state index in [1.807, 2.05) is 0 Å². The van der Waals surface area contributed by atoms with Crippen molar-refractivity contribution in [3.05, 3.63) is 29.6 Å². The van der Waals surface area contributed by atoms with Crippen molar-refractivity contribution in [3.8, 4) is 0 Å². The second-order valence-electron chi connectivity index (χ2n) is 4.48. The number of benzene rings is 1. The molecular formula is C10H15FN2O2S. The second kappa shape index (κ2) is 4.12. The summed E-state index contributed by atoms with van der Waals surface area (Å²) in [6, 6.07) is 3.82. The van der Waals surface area contributed by atoms with Gasteiger partial charge in [-0.3, -0.25) is 0 Å². The third-order valence-electron chi connectivity index (χ3n) is 1.96. The lowest BCUT2D eigenvalue weighted by Gasteiger charge is -2.18. The van der Waals surface area contributed by atoms with Crippen molar-refractivity contribution in [1.29, 1.82) is 0 Å². The molecule has 0 saturated heterocycles. The molecule has 6 heteroatoms. The topological polar surface area (TPSA) is 86.2 Å². The second-order valence-corrected chi connectivity index (χ2v) is 6.00. The fourth-order valence-corrected chi connectivity index (χ4v) is 2.00. The van der Waals surface area contributed by atoms with Crippen molar-refractivity contribution in [2.45, 2.75) is 30.7 Å². The highest BCUT2D eigenvalue weighted by molar-refractivity contribution is 7.89. The summed E-state index contributed by atoms with van der Waals surface area (Å²) in [6.07, 6.45) is 0.453. The molecule has 0 fully saturated rings. The molecule has 0 aliphatic heterocycles. The minimum Gasteiger partial charge on any atom is -0.325 e. The maximum atomic E-state index is 13.4. The molecule has 4 N–H and O–H groups in total. The Hall–Kier alpha value is -0.980. The molecule has 0 saturated carbocycles. The van der Waals surface area contributed by atoms with Crippen LogP contribution >= 0.6 is 0 Å². The Bertz CT molecular complexity index is 492. The highest BCUT2D eigenvalue weighted by Crippen LogP contribution is 2.17. The van der Waals surface area contributed by atoms with Gasteiger partial charge in [-0.05, 0) is 38.0 Å². The summed E-state index contributed by atoms with van der Waals surface area (Å²) in [6.45, 7) is 3.61. The number of primary sulfonamides is 1. The van der Waals surface area contributed by atoms with E-state index < -0.39 is 26.3 Å². The van der Waals surface area contributed by atoms with Crippen LogP contribution in [-0.4, -0.2) is 14.0 Å². The summed E-state index contributed by atoms with van der Waals surface area (Å²) < 4.78 is 35.3. The van der Waals surface area contributed by atoms with E-state index in [9.17, 15) is 12.8 Å². The molecule has 1 rings (SSSR count). The predicted octanol–water partition coefficient (Wildman–Crippen LogP) is 0.753. The van der Waals surface area contributed by atoms with E-state index in [0.29, 0.717) is 12.0 Å². The van der Waals surface area contributed by atoms with Crippen LogP contribution in [0.25, 0.3) is 0 Å². The summed E-state index contributed by atoms with van der Waals surface area (Å²) in [5, 5.41) is 4.84. The van der Waals surface area contributed by atoms with E-state index in [1.54, 1.807) is 13.8 Å². The summed E-state index contributed by atoms with van der Waals surface area (Å²) in [5.74, 6) is -0.843. The molecule has 1 aromatic rings. The molecule has 0 heterocycles. The van der Waals surface area contributed by atoms with Crippen LogP contribution in [0.2, 0.25) is 0 Å². The standard InChI is InChI=1S/C10H15FN2O2S/c1-10(2,12)6-7-3-4-9(8(11)5-7)16(13,14)15/h3-5H,6,12H2,1-2H3,(H2,13,14,15). The van der Waals surface area contributed by atoms with E-state index in [2.05, 4.69) is 0 Å². The van der Waals surface area contributed by atoms with Crippen molar-refractivity contribution in [1.82, 2.24) is 0 Å². The van der Waals surface area contributed by atoms with Crippen molar-refractivity contribution in [3.63, 3.8) is 0 Å². The first-order chi connectivity index (χ1) is 7.09. The van der Waals surface area contributed by atoms with Crippen molar-refractivity contribution >= 4 is 10.0 Å². The average Bonchev–Trinajstić information content (AvgIpc) is 1.97. The lowest BCUT2D eigenvalue weighted by atomic mass is 9.96. The zero-order chi connectivity index (χ0) is 12.6. The largest absolute Gasteiger partial charge is 0.325 e. The van der Waals surface area contributed by atoms with Gasteiger partial charge < -0.3 is 5.73 Å². The van der Waals surface area contributed by atoms with Crippen LogP contribution in [0.15, 0.2) is 23.1 Å². The van der Waals surface area contributed by atoms with Gasteiger partial charge >= 0.3 is 0 Å².